The van der Waals surface area contributed by atoms with E-state index in [2.05, 4.69) is 6.07 Å². The molecule has 1 radical (unpaired) electrons. The van der Waals surface area contributed by atoms with E-state index in [4.69, 9.17) is 9.47 Å². The van der Waals surface area contributed by atoms with Crippen LogP contribution in [0.3, 0.4) is 0 Å². The number of carbonyl (C=O) groups excluding carboxylic acids is 2. The minimum atomic E-state index is -0.437. The van der Waals surface area contributed by atoms with Crippen molar-refractivity contribution in [1.29, 1.82) is 0 Å². The molecule has 0 aromatic heterocycles. The van der Waals surface area contributed by atoms with Crippen molar-refractivity contribution in [3.8, 4) is 11.1 Å². The number of carbonyl (C=O) groups is 2. The molecule has 0 bridgehead atoms. The van der Waals surface area contributed by atoms with Crippen molar-refractivity contribution in [2.45, 2.75) is 13.8 Å². The van der Waals surface area contributed by atoms with Gasteiger partial charge < -0.3 is 9.47 Å². The molecule has 2 aromatic rings. The van der Waals surface area contributed by atoms with Crippen molar-refractivity contribution in [2.24, 2.45) is 0 Å². The van der Waals surface area contributed by atoms with Gasteiger partial charge in [0.2, 0.25) is 0 Å². The topological polar surface area (TPSA) is 52.6 Å². The van der Waals surface area contributed by atoms with E-state index in [0.29, 0.717) is 22.3 Å². The summed E-state index contributed by atoms with van der Waals surface area (Å²) in [6.45, 7) is 4.07. The van der Waals surface area contributed by atoms with Crippen LogP contribution in [-0.4, -0.2) is 25.2 Å². The Balaban J connectivity index is 2.53. The van der Waals surface area contributed by atoms with Crippen LogP contribution in [0.2, 0.25) is 0 Å². The first-order valence-electron chi connectivity index (χ1n) is 7.13. The van der Waals surface area contributed by atoms with E-state index in [1.807, 2.05) is 0 Å². The molecule has 22 heavy (non-hydrogen) atoms. The first-order chi connectivity index (χ1) is 10.7. The van der Waals surface area contributed by atoms with Crippen LogP contribution >= 0.6 is 0 Å². The average molecular weight is 297 g/mol. The van der Waals surface area contributed by atoms with Crippen molar-refractivity contribution in [1.82, 2.24) is 0 Å². The van der Waals surface area contributed by atoms with Gasteiger partial charge in [0, 0.05) is 5.56 Å². The Hall–Kier alpha value is -2.62. The summed E-state index contributed by atoms with van der Waals surface area (Å²) in [4.78, 5) is 24.2. The van der Waals surface area contributed by atoms with Gasteiger partial charge in [-0.2, -0.15) is 0 Å². The van der Waals surface area contributed by atoms with Gasteiger partial charge in [0.05, 0.1) is 24.3 Å². The predicted molar refractivity (Wildman–Crippen MR) is 82.6 cm³/mol. The molecule has 0 saturated heterocycles. The molecule has 0 atom stereocenters. The molecule has 0 aliphatic heterocycles. The van der Waals surface area contributed by atoms with Gasteiger partial charge in [-0.25, -0.2) is 9.59 Å². The van der Waals surface area contributed by atoms with Gasteiger partial charge in [-0.1, -0.05) is 30.3 Å². The summed E-state index contributed by atoms with van der Waals surface area (Å²) in [5, 5.41) is 0. The molecule has 4 heteroatoms. The van der Waals surface area contributed by atoms with Crippen LogP contribution in [0.4, 0.5) is 0 Å². The fourth-order valence-corrected chi connectivity index (χ4v) is 2.13. The molecule has 0 unspecified atom stereocenters. The van der Waals surface area contributed by atoms with Crippen LogP contribution in [0.1, 0.15) is 34.6 Å². The smallest absolute Gasteiger partial charge is 0.338 e. The van der Waals surface area contributed by atoms with E-state index in [1.165, 1.54) is 0 Å². The Kier molecular flexibility index (Phi) is 5.31. The highest BCUT2D eigenvalue weighted by atomic mass is 16.5. The number of hydrogen-bond acceptors (Lipinski definition) is 4. The summed E-state index contributed by atoms with van der Waals surface area (Å²) in [6, 6.07) is 15.1. The minimum Gasteiger partial charge on any atom is -0.462 e. The molecule has 0 N–H and O–H groups in total. The van der Waals surface area contributed by atoms with Gasteiger partial charge in [0.15, 0.2) is 0 Å². The zero-order chi connectivity index (χ0) is 15.9. The maximum atomic E-state index is 12.1. The van der Waals surface area contributed by atoms with Crippen LogP contribution in [0.25, 0.3) is 11.1 Å². The molecule has 113 valence electrons. The highest BCUT2D eigenvalue weighted by Crippen LogP contribution is 2.27. The van der Waals surface area contributed by atoms with Crippen LogP contribution in [-0.2, 0) is 9.47 Å². The lowest BCUT2D eigenvalue weighted by Gasteiger charge is -2.12. The normalized spacial score (nSPS) is 10.1. The third kappa shape index (κ3) is 3.34. The van der Waals surface area contributed by atoms with Crippen molar-refractivity contribution >= 4 is 11.9 Å². The summed E-state index contributed by atoms with van der Waals surface area (Å²) in [5.41, 5.74) is 1.91. The molecule has 0 aliphatic rings. The van der Waals surface area contributed by atoms with E-state index in [0.717, 1.165) is 0 Å². The maximum Gasteiger partial charge on any atom is 0.338 e. The summed E-state index contributed by atoms with van der Waals surface area (Å²) >= 11 is 0. The predicted octanol–water partition coefficient (Wildman–Crippen LogP) is 3.51. The summed E-state index contributed by atoms with van der Waals surface area (Å²) in [5.74, 6) is -0.863. The molecule has 0 amide bonds. The highest BCUT2D eigenvalue weighted by Gasteiger charge is 2.19. The second-order valence-corrected chi connectivity index (χ2v) is 4.45. The Labute approximate surface area is 129 Å². The van der Waals surface area contributed by atoms with Gasteiger partial charge in [-0.05, 0) is 37.6 Å². The SMILES string of the molecule is CCOC(=O)c1ccc[c]c1-c1ccccc1C(=O)OCC. The quantitative estimate of drug-likeness (QED) is 0.792. The third-order valence-electron chi connectivity index (χ3n) is 3.04. The first kappa shape index (κ1) is 15.8. The van der Waals surface area contributed by atoms with Crippen molar-refractivity contribution in [3.05, 3.63) is 59.7 Å². The molecular formula is C18H17O4. The van der Waals surface area contributed by atoms with Crippen LogP contribution in [0.15, 0.2) is 42.5 Å². The highest BCUT2D eigenvalue weighted by molar-refractivity contribution is 6.03. The lowest BCUT2D eigenvalue weighted by molar-refractivity contribution is 0.0515. The Morgan fingerprint density at radius 3 is 2.18 bits per heavy atom. The minimum absolute atomic E-state index is 0.284. The van der Waals surface area contributed by atoms with E-state index in [9.17, 15) is 9.59 Å². The number of hydrogen-bond donors (Lipinski definition) is 0. The van der Waals surface area contributed by atoms with Gasteiger partial charge in [0.1, 0.15) is 0 Å². The maximum absolute atomic E-state index is 12.1. The van der Waals surface area contributed by atoms with Crippen LogP contribution in [0.5, 0.6) is 0 Å². The molecular weight excluding hydrogens is 280 g/mol. The molecule has 0 spiro atoms. The second kappa shape index (κ2) is 7.41. The molecule has 0 aliphatic carbocycles. The van der Waals surface area contributed by atoms with Gasteiger partial charge >= 0.3 is 11.9 Å². The second-order valence-electron chi connectivity index (χ2n) is 4.45. The van der Waals surface area contributed by atoms with Crippen molar-refractivity contribution in [3.63, 3.8) is 0 Å². The molecule has 4 nitrogen and oxygen atoms in total. The standard InChI is InChI=1S/C18H17O4/c1-3-21-17(19)15-11-7-5-9-13(15)14-10-6-8-12-16(14)18(20)22-4-2/h5-9,11-12H,3-4H2,1-2H3. The number of ether oxygens (including phenoxy) is 2. The molecule has 0 fully saturated rings. The Morgan fingerprint density at radius 1 is 0.909 bits per heavy atom. The van der Waals surface area contributed by atoms with Gasteiger partial charge in [0.25, 0.3) is 0 Å². The Bertz CT molecular complexity index is 617. The van der Waals surface area contributed by atoms with Crippen LogP contribution < -0.4 is 0 Å². The lowest BCUT2D eigenvalue weighted by atomic mass is 9.95. The largest absolute Gasteiger partial charge is 0.462 e. The Morgan fingerprint density at radius 2 is 1.50 bits per heavy atom. The molecule has 2 rings (SSSR count). The fraction of sp³-hybridized carbons (Fsp3) is 0.222. The molecule has 0 heterocycles. The molecule has 0 saturated carbocycles. The van der Waals surface area contributed by atoms with Gasteiger partial charge in [-0.15, -0.1) is 0 Å². The lowest BCUT2D eigenvalue weighted by Crippen LogP contribution is -2.10. The van der Waals surface area contributed by atoms with Crippen LogP contribution in [0, 0.1) is 6.07 Å². The average Bonchev–Trinajstić information content (AvgIpc) is 2.55. The first-order valence-corrected chi connectivity index (χ1v) is 7.13. The zero-order valence-corrected chi connectivity index (χ0v) is 12.6. The summed E-state index contributed by atoms with van der Waals surface area (Å²) in [6.07, 6.45) is 0. The summed E-state index contributed by atoms with van der Waals surface area (Å²) in [7, 11) is 0. The van der Waals surface area contributed by atoms with E-state index in [1.54, 1.807) is 56.3 Å². The summed E-state index contributed by atoms with van der Waals surface area (Å²) < 4.78 is 10.1. The van der Waals surface area contributed by atoms with Crippen molar-refractivity contribution < 1.29 is 19.1 Å². The third-order valence-corrected chi connectivity index (χ3v) is 3.04. The van der Waals surface area contributed by atoms with E-state index >= 15 is 0 Å². The fourth-order valence-electron chi connectivity index (χ4n) is 2.13. The molecule has 2 aromatic carbocycles. The number of esters is 2. The zero-order valence-electron chi connectivity index (χ0n) is 12.6. The van der Waals surface area contributed by atoms with E-state index in [-0.39, 0.29) is 13.2 Å². The number of rotatable bonds is 5. The van der Waals surface area contributed by atoms with Crippen molar-refractivity contribution in [2.75, 3.05) is 13.2 Å². The van der Waals surface area contributed by atoms with Gasteiger partial charge in [-0.3, -0.25) is 0 Å². The number of benzene rings is 2. The van der Waals surface area contributed by atoms with E-state index < -0.39 is 11.9 Å². The monoisotopic (exact) mass is 297 g/mol.